The number of aromatic nitrogens is 4. The van der Waals surface area contributed by atoms with Gasteiger partial charge in [0, 0.05) is 71.2 Å². The molecule has 0 saturated carbocycles. The standard InChI is InChI=1S/C44H64N4O20P4/c1-5-65-69(57,58)13-9-25-29(17-41(49)50)37-22-34-27(11-15-71(61,62)67-7-3)31(19-43(53)54)39(47-34)24-36-28(12-16-72(63,64)68-8-4)32(20-44(55)56)40(48-36)23-35-26(10-14-70(59,60)66-6-2)30(18-42(51)52)38(46-35)21-33(25)45-37/h45-48H,5-24H2,1-4H3,(H,49,50)(H,51,52)(H,53,54)(H,55,56)(H,57,58)(H,59,60)(H,61,62)(H,63,64). The van der Waals surface area contributed by atoms with Gasteiger partial charge in [-0.15, -0.1) is 0 Å². The predicted molar refractivity (Wildman–Crippen MR) is 260 cm³/mol. The minimum atomic E-state index is -4.27. The maximum Gasteiger partial charge on any atom is 0.328 e. The third-order valence-electron chi connectivity index (χ3n) is 12.2. The van der Waals surface area contributed by atoms with Crippen LogP contribution >= 0.6 is 30.4 Å². The van der Waals surface area contributed by atoms with Crippen LogP contribution in [-0.2, 0) is 133 Å². The van der Waals surface area contributed by atoms with Crippen molar-refractivity contribution in [2.24, 2.45) is 0 Å². The van der Waals surface area contributed by atoms with Gasteiger partial charge in [0.2, 0.25) is 0 Å². The molecule has 5 heterocycles. The van der Waals surface area contributed by atoms with Crippen molar-refractivity contribution in [2.45, 2.75) is 105 Å². The summed E-state index contributed by atoms with van der Waals surface area (Å²) >= 11 is 0. The van der Waals surface area contributed by atoms with Gasteiger partial charge >= 0.3 is 54.3 Å². The Bertz CT molecular complexity index is 2460. The Morgan fingerprint density at radius 2 is 0.528 bits per heavy atom. The van der Waals surface area contributed by atoms with E-state index in [-0.39, 0.29) is 168 Å². The maximum absolute atomic E-state index is 13.2. The first-order valence-corrected chi connectivity index (χ1v) is 30.3. The quantitative estimate of drug-likeness (QED) is 0.0285. The van der Waals surface area contributed by atoms with Crippen LogP contribution in [0.1, 0.15) is 118 Å². The fourth-order valence-electron chi connectivity index (χ4n) is 9.45. The van der Waals surface area contributed by atoms with Gasteiger partial charge in [-0.3, -0.25) is 37.4 Å². The van der Waals surface area contributed by atoms with Crippen LogP contribution in [0.5, 0.6) is 0 Å². The molecule has 0 radical (unpaired) electrons. The molecule has 4 atom stereocenters. The molecule has 28 heteroatoms. The highest BCUT2D eigenvalue weighted by atomic mass is 31.2. The highest BCUT2D eigenvalue weighted by Gasteiger charge is 2.33. The van der Waals surface area contributed by atoms with Crippen LogP contribution in [0.4, 0.5) is 0 Å². The molecule has 72 heavy (non-hydrogen) atoms. The van der Waals surface area contributed by atoms with Crippen LogP contribution in [0, 0.1) is 0 Å². The van der Waals surface area contributed by atoms with Crippen LogP contribution in [0.2, 0.25) is 0 Å². The Kier molecular flexibility index (Phi) is 20.1. The van der Waals surface area contributed by atoms with E-state index in [1.807, 2.05) is 0 Å². The molecule has 24 nitrogen and oxygen atoms in total. The second-order valence-corrected chi connectivity index (χ2v) is 25.2. The highest BCUT2D eigenvalue weighted by Crippen LogP contribution is 2.47. The minimum Gasteiger partial charge on any atom is -0.481 e. The lowest BCUT2D eigenvalue weighted by Crippen LogP contribution is -2.10. The third kappa shape index (κ3) is 15.8. The molecule has 12 N–H and O–H groups in total. The van der Waals surface area contributed by atoms with Crippen molar-refractivity contribution in [3.8, 4) is 0 Å². The molecule has 0 saturated heterocycles. The number of H-pyrrole nitrogens is 4. The van der Waals surface area contributed by atoms with Gasteiger partial charge in [0.05, 0.1) is 76.8 Å². The molecule has 1 aliphatic heterocycles. The van der Waals surface area contributed by atoms with Crippen molar-refractivity contribution in [3.05, 3.63) is 90.1 Å². The molecule has 0 spiro atoms. The van der Waals surface area contributed by atoms with E-state index in [0.29, 0.717) is 0 Å². The lowest BCUT2D eigenvalue weighted by Gasteiger charge is -2.14. The molecule has 8 bridgehead atoms. The van der Waals surface area contributed by atoms with E-state index in [0.717, 1.165) is 0 Å². The first-order chi connectivity index (χ1) is 33.7. The lowest BCUT2D eigenvalue weighted by molar-refractivity contribution is -0.137. The molecule has 1 aliphatic rings. The minimum absolute atomic E-state index is 0.119. The summed E-state index contributed by atoms with van der Waals surface area (Å²) in [7, 11) is -17.1. The van der Waals surface area contributed by atoms with Crippen molar-refractivity contribution in [2.75, 3.05) is 51.1 Å². The average molecular weight is 1090 g/mol. The van der Waals surface area contributed by atoms with Crippen molar-refractivity contribution >= 4 is 54.3 Å². The molecule has 4 aromatic heterocycles. The van der Waals surface area contributed by atoms with Crippen LogP contribution in [0.15, 0.2) is 0 Å². The van der Waals surface area contributed by atoms with Gasteiger partial charge in [0.1, 0.15) is 0 Å². The maximum atomic E-state index is 13.2. The van der Waals surface area contributed by atoms with Crippen molar-refractivity contribution in [3.63, 3.8) is 0 Å². The molecule has 5 rings (SSSR count). The van der Waals surface area contributed by atoms with E-state index in [1.54, 1.807) is 0 Å². The summed E-state index contributed by atoms with van der Waals surface area (Å²) in [6.45, 7) is 5.59. The van der Waals surface area contributed by atoms with Gasteiger partial charge in [-0.05, 0) is 97.9 Å². The number of carbonyl (C=O) groups is 4. The summed E-state index contributed by atoms with van der Waals surface area (Å²) in [4.78, 5) is 107. The van der Waals surface area contributed by atoms with E-state index in [2.05, 4.69) is 19.9 Å². The zero-order chi connectivity index (χ0) is 53.3. The zero-order valence-corrected chi connectivity index (χ0v) is 44.0. The number of carboxylic acids is 4. The summed E-state index contributed by atoms with van der Waals surface area (Å²) < 4.78 is 73.3. The highest BCUT2D eigenvalue weighted by molar-refractivity contribution is 7.53. The van der Waals surface area contributed by atoms with Gasteiger partial charge in [-0.25, -0.2) is 0 Å². The molecule has 4 aromatic rings. The Hall–Kier alpha value is -4.40. The predicted octanol–water partition coefficient (Wildman–Crippen LogP) is 5.24. The molecular weight excluding hydrogens is 1030 g/mol. The van der Waals surface area contributed by atoms with Gasteiger partial charge in [0.25, 0.3) is 0 Å². The van der Waals surface area contributed by atoms with Gasteiger partial charge in [-0.1, -0.05) is 0 Å². The molecule has 0 aromatic carbocycles. The molecular formula is C44H64N4O20P4. The normalized spacial score (nSPS) is 16.1. The van der Waals surface area contributed by atoms with E-state index in [9.17, 15) is 77.4 Å². The fraction of sp³-hybridized carbons (Fsp3) is 0.545. The first kappa shape index (κ1) is 58.5. The fourth-order valence-corrected chi connectivity index (χ4v) is 13.6. The molecule has 0 aliphatic carbocycles. The number of rotatable bonds is 28. The van der Waals surface area contributed by atoms with Gasteiger partial charge in [0.15, 0.2) is 0 Å². The van der Waals surface area contributed by atoms with E-state index in [4.69, 9.17) is 18.1 Å². The Morgan fingerprint density at radius 1 is 0.361 bits per heavy atom. The Balaban J connectivity index is 1.93. The van der Waals surface area contributed by atoms with Crippen molar-refractivity contribution in [1.29, 1.82) is 0 Å². The van der Waals surface area contributed by atoms with Crippen molar-refractivity contribution in [1.82, 2.24) is 19.9 Å². The molecule has 0 fully saturated rings. The van der Waals surface area contributed by atoms with Crippen LogP contribution < -0.4 is 0 Å². The summed E-state index contributed by atoms with van der Waals surface area (Å²) in [6.07, 6.45) is -6.28. The molecule has 400 valence electrons. The van der Waals surface area contributed by atoms with E-state index in [1.165, 1.54) is 27.7 Å². The van der Waals surface area contributed by atoms with Crippen LogP contribution in [0.3, 0.4) is 0 Å². The third-order valence-corrected chi connectivity index (χ3v) is 18.0. The number of nitrogens with one attached hydrogen (secondary N) is 4. The summed E-state index contributed by atoms with van der Waals surface area (Å²) in [6, 6.07) is 0. The number of fused-ring (bicyclic) bond motifs is 8. The van der Waals surface area contributed by atoms with Crippen LogP contribution in [-0.4, -0.2) is 135 Å². The number of aromatic amines is 4. The molecule has 4 unspecified atom stereocenters. The van der Waals surface area contributed by atoms with Gasteiger partial charge < -0.3 is 78.0 Å². The second kappa shape index (κ2) is 24.8. The zero-order valence-electron chi connectivity index (χ0n) is 40.4. The van der Waals surface area contributed by atoms with E-state index < -0.39 is 105 Å². The lowest BCUT2D eigenvalue weighted by atomic mass is 9.94. The average Bonchev–Trinajstić information content (AvgIpc) is 3.94. The monoisotopic (exact) mass is 1090 g/mol. The Morgan fingerprint density at radius 3 is 0.681 bits per heavy atom. The van der Waals surface area contributed by atoms with Gasteiger partial charge in [-0.2, -0.15) is 0 Å². The topological polar surface area (TPSA) is 398 Å². The number of hydrogen-bond acceptors (Lipinski definition) is 12. The SMILES string of the molecule is CCOP(=O)(O)CCc1c2[nH]c(c1CC(=O)O)Cc1[nH]c(c(CC(=O)O)c1CCP(=O)(O)OCC)Cc1[nH]c(c(CC(=O)O)c1CCP(=O)(O)OCC)Cc1[nH]c(c(CC(=O)O)c1CCP(=O)(O)OCC)C2. The Labute approximate surface area is 414 Å². The second-order valence-electron chi connectivity index (χ2n) is 17.3. The number of hydrogen-bond donors (Lipinski definition) is 12. The van der Waals surface area contributed by atoms with Crippen molar-refractivity contribution < 1.29 is 95.5 Å². The largest absolute Gasteiger partial charge is 0.481 e. The number of aliphatic carboxylic acids is 4. The van der Waals surface area contributed by atoms with E-state index >= 15 is 0 Å². The summed E-state index contributed by atoms with van der Waals surface area (Å²) in [5.41, 5.74) is 3.78. The number of carboxylic acid groups (broad SMARTS) is 4. The summed E-state index contributed by atoms with van der Waals surface area (Å²) in [5, 5.41) is 41.4. The molecule has 0 amide bonds. The summed E-state index contributed by atoms with van der Waals surface area (Å²) in [5.74, 6) is -5.20. The first-order valence-electron chi connectivity index (χ1n) is 23.3. The smallest absolute Gasteiger partial charge is 0.328 e. The van der Waals surface area contributed by atoms with Crippen LogP contribution in [0.25, 0.3) is 0 Å².